The molecule has 0 aliphatic heterocycles. The third-order valence-corrected chi connectivity index (χ3v) is 3.86. The highest BCUT2D eigenvalue weighted by Gasteiger charge is 2.11. The number of halogens is 2. The zero-order chi connectivity index (χ0) is 12.5. The number of fused-ring (bicyclic) bond motifs is 1. The van der Waals surface area contributed by atoms with Gasteiger partial charge in [-0.25, -0.2) is 9.97 Å². The van der Waals surface area contributed by atoms with Gasteiger partial charge in [0.25, 0.3) is 0 Å². The fraction of sp³-hybridized carbons (Fsp3) is 0.0769. The predicted octanol–water partition coefficient (Wildman–Crippen LogP) is 3.74. The molecule has 0 N–H and O–H groups in total. The molecule has 3 rings (SSSR count). The van der Waals surface area contributed by atoms with Gasteiger partial charge in [0.1, 0.15) is 17.1 Å². The van der Waals surface area contributed by atoms with Crippen molar-refractivity contribution in [3.05, 3.63) is 57.1 Å². The van der Waals surface area contributed by atoms with Crippen molar-refractivity contribution in [3.63, 3.8) is 0 Å². The topological polar surface area (TPSA) is 30.7 Å². The Kier molecular flexibility index (Phi) is 3.22. The van der Waals surface area contributed by atoms with Crippen LogP contribution in [0.25, 0.3) is 11.0 Å². The summed E-state index contributed by atoms with van der Waals surface area (Å²) in [5.74, 6) is 0. The summed E-state index contributed by atoms with van der Waals surface area (Å²) < 4.78 is 3.17. The molecule has 0 radical (unpaired) electrons. The van der Waals surface area contributed by atoms with Gasteiger partial charge in [-0.3, -0.25) is 0 Å². The number of hydrogen-bond acceptors (Lipinski definition) is 2. The van der Waals surface area contributed by atoms with Crippen LogP contribution in [0.2, 0.25) is 5.15 Å². The monoisotopic (exact) mass is 369 g/mol. The maximum atomic E-state index is 6.11. The molecule has 3 nitrogen and oxygen atoms in total. The Labute approximate surface area is 123 Å². The van der Waals surface area contributed by atoms with Gasteiger partial charge in [-0.2, -0.15) is 0 Å². The zero-order valence-corrected chi connectivity index (χ0v) is 12.3. The van der Waals surface area contributed by atoms with Crippen LogP contribution in [0.4, 0.5) is 0 Å². The Morgan fingerprint density at radius 2 is 1.94 bits per heavy atom. The number of rotatable bonds is 2. The van der Waals surface area contributed by atoms with Crippen molar-refractivity contribution in [2.45, 2.75) is 6.54 Å². The van der Waals surface area contributed by atoms with Crippen molar-refractivity contribution in [1.82, 2.24) is 14.5 Å². The Balaban J connectivity index is 2.11. The van der Waals surface area contributed by atoms with Crippen LogP contribution in [-0.4, -0.2) is 14.5 Å². The molecule has 5 heteroatoms. The van der Waals surface area contributed by atoms with E-state index in [2.05, 4.69) is 55.5 Å². The van der Waals surface area contributed by atoms with E-state index >= 15 is 0 Å². The van der Waals surface area contributed by atoms with Gasteiger partial charge in [0, 0.05) is 16.3 Å². The average Bonchev–Trinajstić information content (AvgIpc) is 2.69. The number of hydrogen-bond donors (Lipinski definition) is 0. The Bertz CT molecular complexity index is 694. The van der Waals surface area contributed by atoms with E-state index in [1.807, 2.05) is 18.2 Å². The quantitative estimate of drug-likeness (QED) is 0.509. The first-order valence-electron chi connectivity index (χ1n) is 5.44. The molecule has 0 atom stereocenters. The molecule has 0 amide bonds. The second-order valence-corrected chi connectivity index (χ2v) is 5.47. The van der Waals surface area contributed by atoms with Gasteiger partial charge < -0.3 is 4.57 Å². The maximum Gasteiger partial charge on any atom is 0.146 e. The van der Waals surface area contributed by atoms with Crippen LogP contribution in [-0.2, 0) is 6.54 Å². The second kappa shape index (κ2) is 4.85. The fourth-order valence-corrected chi connectivity index (χ4v) is 3.16. The van der Waals surface area contributed by atoms with Crippen molar-refractivity contribution >= 4 is 45.2 Å². The SMILES string of the molecule is Clc1ncnc2c1c(I)cn2Cc1ccccc1. The molecule has 0 saturated heterocycles. The fourth-order valence-electron chi connectivity index (χ4n) is 1.94. The van der Waals surface area contributed by atoms with Gasteiger partial charge in [0.05, 0.1) is 5.39 Å². The van der Waals surface area contributed by atoms with Crippen molar-refractivity contribution < 1.29 is 0 Å². The van der Waals surface area contributed by atoms with E-state index in [0.29, 0.717) is 5.15 Å². The van der Waals surface area contributed by atoms with Gasteiger partial charge in [0.15, 0.2) is 0 Å². The maximum absolute atomic E-state index is 6.11. The van der Waals surface area contributed by atoms with E-state index in [-0.39, 0.29) is 0 Å². The molecule has 0 fully saturated rings. The van der Waals surface area contributed by atoms with Crippen LogP contribution in [0.3, 0.4) is 0 Å². The van der Waals surface area contributed by atoms with E-state index in [1.165, 1.54) is 11.9 Å². The summed E-state index contributed by atoms with van der Waals surface area (Å²) >= 11 is 8.37. The molecule has 0 spiro atoms. The zero-order valence-electron chi connectivity index (χ0n) is 9.35. The normalized spacial score (nSPS) is 11.0. The van der Waals surface area contributed by atoms with Crippen molar-refractivity contribution in [3.8, 4) is 0 Å². The lowest BCUT2D eigenvalue weighted by atomic mass is 10.2. The van der Waals surface area contributed by atoms with Crippen molar-refractivity contribution in [1.29, 1.82) is 0 Å². The third kappa shape index (κ3) is 2.10. The Morgan fingerprint density at radius 1 is 1.17 bits per heavy atom. The van der Waals surface area contributed by atoms with Crippen LogP contribution in [0, 0.1) is 3.57 Å². The third-order valence-electron chi connectivity index (χ3n) is 2.76. The lowest BCUT2D eigenvalue weighted by Gasteiger charge is -2.04. The lowest BCUT2D eigenvalue weighted by Crippen LogP contribution is -1.99. The molecule has 18 heavy (non-hydrogen) atoms. The highest BCUT2D eigenvalue weighted by molar-refractivity contribution is 14.1. The molecule has 90 valence electrons. The first-order chi connectivity index (χ1) is 8.75. The van der Waals surface area contributed by atoms with Gasteiger partial charge in [-0.1, -0.05) is 41.9 Å². The number of aromatic nitrogens is 3. The molecule has 2 aromatic heterocycles. The van der Waals surface area contributed by atoms with E-state index < -0.39 is 0 Å². The molecule has 0 aliphatic carbocycles. The molecular formula is C13H9ClIN3. The first kappa shape index (κ1) is 11.9. The molecule has 0 saturated carbocycles. The smallest absolute Gasteiger partial charge is 0.146 e. The minimum absolute atomic E-state index is 0.510. The van der Waals surface area contributed by atoms with Gasteiger partial charge in [-0.15, -0.1) is 0 Å². The molecule has 0 aliphatic rings. The van der Waals surface area contributed by atoms with Gasteiger partial charge in [0.2, 0.25) is 0 Å². The van der Waals surface area contributed by atoms with E-state index in [9.17, 15) is 0 Å². The lowest BCUT2D eigenvalue weighted by molar-refractivity contribution is 0.822. The Hall–Kier alpha value is -1.14. The first-order valence-corrected chi connectivity index (χ1v) is 6.90. The van der Waals surface area contributed by atoms with E-state index in [1.54, 1.807) is 0 Å². The summed E-state index contributed by atoms with van der Waals surface area (Å²) in [5.41, 5.74) is 2.11. The molecule has 0 bridgehead atoms. The Morgan fingerprint density at radius 3 is 2.72 bits per heavy atom. The van der Waals surface area contributed by atoms with Crippen LogP contribution in [0.1, 0.15) is 5.56 Å². The van der Waals surface area contributed by atoms with Gasteiger partial charge in [-0.05, 0) is 28.2 Å². The minimum atomic E-state index is 0.510. The summed E-state index contributed by atoms with van der Waals surface area (Å²) in [6.45, 7) is 0.785. The number of nitrogens with zero attached hydrogens (tertiary/aromatic N) is 3. The molecule has 0 unspecified atom stereocenters. The van der Waals surface area contributed by atoms with Gasteiger partial charge >= 0.3 is 0 Å². The standard InChI is InChI=1S/C13H9ClIN3/c14-12-11-10(15)7-18(13(11)17-8-16-12)6-9-4-2-1-3-5-9/h1-5,7-8H,6H2. The molecule has 3 aromatic rings. The predicted molar refractivity (Wildman–Crippen MR) is 80.8 cm³/mol. The summed E-state index contributed by atoms with van der Waals surface area (Å²) in [5, 5.41) is 1.44. The minimum Gasteiger partial charge on any atom is -0.327 e. The van der Waals surface area contributed by atoms with E-state index in [0.717, 1.165) is 21.1 Å². The van der Waals surface area contributed by atoms with Crippen LogP contribution in [0.5, 0.6) is 0 Å². The summed E-state index contributed by atoms with van der Waals surface area (Å²) in [4.78, 5) is 8.35. The summed E-state index contributed by atoms with van der Waals surface area (Å²) in [7, 11) is 0. The van der Waals surface area contributed by atoms with E-state index in [4.69, 9.17) is 11.6 Å². The average molecular weight is 370 g/mol. The van der Waals surface area contributed by atoms with Crippen molar-refractivity contribution in [2.24, 2.45) is 0 Å². The summed E-state index contributed by atoms with van der Waals surface area (Å²) in [6.07, 6.45) is 3.56. The summed E-state index contributed by atoms with van der Waals surface area (Å²) in [6, 6.07) is 10.3. The molecular weight excluding hydrogens is 361 g/mol. The highest BCUT2D eigenvalue weighted by atomic mass is 127. The van der Waals surface area contributed by atoms with Crippen LogP contribution >= 0.6 is 34.2 Å². The second-order valence-electron chi connectivity index (χ2n) is 3.95. The van der Waals surface area contributed by atoms with Crippen LogP contribution < -0.4 is 0 Å². The molecule has 1 aromatic carbocycles. The van der Waals surface area contributed by atoms with Crippen LogP contribution in [0.15, 0.2) is 42.9 Å². The molecule has 2 heterocycles. The highest BCUT2D eigenvalue weighted by Crippen LogP contribution is 2.27. The largest absolute Gasteiger partial charge is 0.327 e. The number of benzene rings is 1. The van der Waals surface area contributed by atoms with Crippen molar-refractivity contribution in [2.75, 3.05) is 0 Å².